The van der Waals surface area contributed by atoms with Crippen LogP contribution < -0.4 is 5.32 Å². The van der Waals surface area contributed by atoms with Gasteiger partial charge in [0.15, 0.2) is 0 Å². The van der Waals surface area contributed by atoms with Crippen molar-refractivity contribution >= 4 is 17.5 Å². The van der Waals surface area contributed by atoms with Crippen LogP contribution in [-0.4, -0.2) is 30.4 Å². The second kappa shape index (κ2) is 8.85. The van der Waals surface area contributed by atoms with E-state index in [4.69, 9.17) is 11.6 Å². The molecule has 3 fully saturated rings. The number of carbonyl (C=O) groups is 1. The van der Waals surface area contributed by atoms with Crippen LogP contribution in [-0.2, 0) is 11.3 Å². The minimum atomic E-state index is -0.382. The molecular formula is C24H31ClFN3O. The topological polar surface area (TPSA) is 56.1 Å². The molecule has 1 aromatic rings. The molecule has 6 heteroatoms. The molecule has 4 rings (SSSR count). The summed E-state index contributed by atoms with van der Waals surface area (Å²) in [5.41, 5.74) is 0.902. The molecule has 1 N–H and O–H groups in total. The van der Waals surface area contributed by atoms with Gasteiger partial charge in [0.2, 0.25) is 5.91 Å². The van der Waals surface area contributed by atoms with E-state index >= 15 is 0 Å². The van der Waals surface area contributed by atoms with Crippen molar-refractivity contribution in [2.75, 3.05) is 19.6 Å². The average molecular weight is 432 g/mol. The van der Waals surface area contributed by atoms with Gasteiger partial charge in [-0.3, -0.25) is 4.79 Å². The van der Waals surface area contributed by atoms with Crippen molar-refractivity contribution in [2.24, 2.45) is 16.7 Å². The molecule has 3 aliphatic rings. The molecule has 0 aromatic heterocycles. The van der Waals surface area contributed by atoms with E-state index in [0.717, 1.165) is 58.2 Å². The summed E-state index contributed by atoms with van der Waals surface area (Å²) in [7, 11) is 0. The highest BCUT2D eigenvalue weighted by Crippen LogP contribution is 2.47. The lowest BCUT2D eigenvalue weighted by atomic mass is 9.64. The fourth-order valence-corrected chi connectivity index (χ4v) is 6.08. The fraction of sp³-hybridized carbons (Fsp3) is 0.667. The smallest absolute Gasteiger partial charge is 0.223 e. The Kier molecular flexibility index (Phi) is 6.36. The minimum absolute atomic E-state index is 0.0394. The van der Waals surface area contributed by atoms with Gasteiger partial charge in [0.05, 0.1) is 11.5 Å². The zero-order valence-electron chi connectivity index (χ0n) is 17.6. The van der Waals surface area contributed by atoms with E-state index in [-0.39, 0.29) is 23.1 Å². The molecule has 1 aromatic carbocycles. The van der Waals surface area contributed by atoms with Crippen molar-refractivity contribution in [3.05, 3.63) is 34.6 Å². The molecule has 4 nitrogen and oxygen atoms in total. The lowest BCUT2D eigenvalue weighted by Gasteiger charge is -2.55. The maximum absolute atomic E-state index is 13.4. The molecule has 0 radical (unpaired) electrons. The molecule has 1 heterocycles. The molecule has 1 saturated heterocycles. The van der Waals surface area contributed by atoms with Gasteiger partial charge >= 0.3 is 0 Å². The first kappa shape index (κ1) is 21.6. The standard InChI is InChI=1S/C24H31ClFN3O/c25-20-10-18(11-21(26)12-20)13-28-22(30)19-4-8-24(9-5-19)16-29(17-24)15-23(14-27)6-2-1-3-7-23/h10-12,19H,1-9,13,15-17H2,(H,28,30). The Bertz CT molecular complexity index is 794. The average Bonchev–Trinajstić information content (AvgIpc) is 2.71. The van der Waals surface area contributed by atoms with Gasteiger partial charge in [-0.1, -0.05) is 30.9 Å². The number of nitrogens with one attached hydrogen (secondary N) is 1. The first-order valence-electron chi connectivity index (χ1n) is 11.3. The number of likely N-dealkylation sites (tertiary alicyclic amines) is 1. The van der Waals surface area contributed by atoms with Crippen molar-refractivity contribution < 1.29 is 9.18 Å². The Morgan fingerprint density at radius 1 is 1.17 bits per heavy atom. The molecule has 1 aliphatic heterocycles. The molecule has 1 spiro atoms. The van der Waals surface area contributed by atoms with Crippen LogP contribution in [0.2, 0.25) is 5.02 Å². The summed E-state index contributed by atoms with van der Waals surface area (Å²) in [5.74, 6) is -0.281. The molecule has 0 bridgehead atoms. The predicted molar refractivity (Wildman–Crippen MR) is 115 cm³/mol. The van der Waals surface area contributed by atoms with Gasteiger partial charge in [0, 0.05) is 37.1 Å². The summed E-state index contributed by atoms with van der Waals surface area (Å²) in [5, 5.41) is 13.0. The third-order valence-electron chi connectivity index (χ3n) is 7.50. The Morgan fingerprint density at radius 3 is 2.50 bits per heavy atom. The Morgan fingerprint density at radius 2 is 1.87 bits per heavy atom. The largest absolute Gasteiger partial charge is 0.352 e. The third-order valence-corrected chi connectivity index (χ3v) is 7.72. The number of carbonyl (C=O) groups excluding carboxylic acids is 1. The highest BCUT2D eigenvalue weighted by Gasteiger charge is 2.48. The van der Waals surface area contributed by atoms with Crippen molar-refractivity contribution in [1.29, 1.82) is 5.26 Å². The van der Waals surface area contributed by atoms with Crippen LogP contribution in [0.1, 0.15) is 63.4 Å². The van der Waals surface area contributed by atoms with Crippen LogP contribution >= 0.6 is 11.6 Å². The molecule has 2 aliphatic carbocycles. The number of nitriles is 1. The van der Waals surface area contributed by atoms with E-state index in [1.54, 1.807) is 6.07 Å². The van der Waals surface area contributed by atoms with Crippen molar-refractivity contribution in [2.45, 2.75) is 64.3 Å². The zero-order chi connectivity index (χ0) is 21.2. The summed E-state index contributed by atoms with van der Waals surface area (Å²) < 4.78 is 13.4. The Balaban J connectivity index is 1.21. The molecule has 0 atom stereocenters. The number of rotatable bonds is 5. The van der Waals surface area contributed by atoms with Crippen LogP contribution in [0, 0.1) is 33.9 Å². The van der Waals surface area contributed by atoms with Crippen LogP contribution in [0.4, 0.5) is 4.39 Å². The van der Waals surface area contributed by atoms with E-state index in [9.17, 15) is 14.4 Å². The van der Waals surface area contributed by atoms with Crippen LogP contribution in [0.5, 0.6) is 0 Å². The van der Waals surface area contributed by atoms with Gasteiger partial charge in [-0.05, 0) is 67.7 Å². The van der Waals surface area contributed by atoms with Gasteiger partial charge in [-0.2, -0.15) is 5.26 Å². The summed E-state index contributed by atoms with van der Waals surface area (Å²) in [6.45, 7) is 3.38. The van der Waals surface area contributed by atoms with Crippen molar-refractivity contribution in [1.82, 2.24) is 10.2 Å². The lowest BCUT2D eigenvalue weighted by Crippen LogP contribution is -2.60. The molecular weight excluding hydrogens is 401 g/mol. The lowest BCUT2D eigenvalue weighted by molar-refractivity contribution is -0.129. The quantitative estimate of drug-likeness (QED) is 0.708. The maximum Gasteiger partial charge on any atom is 0.223 e. The SMILES string of the molecule is N#CC1(CN2CC3(CCC(C(=O)NCc4cc(F)cc(Cl)c4)CC3)C2)CCCCC1. The monoisotopic (exact) mass is 431 g/mol. The van der Waals surface area contributed by atoms with Crippen molar-refractivity contribution in [3.63, 3.8) is 0 Å². The van der Waals surface area contributed by atoms with E-state index in [1.165, 1.54) is 31.4 Å². The van der Waals surface area contributed by atoms with Crippen LogP contribution in [0.15, 0.2) is 18.2 Å². The normalized spacial score (nSPS) is 23.5. The van der Waals surface area contributed by atoms with Gasteiger partial charge in [0.1, 0.15) is 5.82 Å². The van der Waals surface area contributed by atoms with E-state index in [0.29, 0.717) is 22.5 Å². The molecule has 30 heavy (non-hydrogen) atoms. The summed E-state index contributed by atoms with van der Waals surface area (Å²) in [6, 6.07) is 7.00. The van der Waals surface area contributed by atoms with Crippen molar-refractivity contribution in [3.8, 4) is 6.07 Å². The van der Waals surface area contributed by atoms with Gasteiger partial charge < -0.3 is 10.2 Å². The summed E-state index contributed by atoms with van der Waals surface area (Å²) in [6.07, 6.45) is 9.71. The molecule has 2 saturated carbocycles. The fourth-order valence-electron chi connectivity index (χ4n) is 5.83. The number of nitrogens with zero attached hydrogens (tertiary/aromatic N) is 2. The third kappa shape index (κ3) is 4.81. The Labute approximate surface area is 183 Å². The highest BCUT2D eigenvalue weighted by atomic mass is 35.5. The summed E-state index contributed by atoms with van der Waals surface area (Å²) >= 11 is 5.88. The van der Waals surface area contributed by atoms with Crippen LogP contribution in [0.25, 0.3) is 0 Å². The Hall–Kier alpha value is -1.64. The highest BCUT2D eigenvalue weighted by molar-refractivity contribution is 6.30. The van der Waals surface area contributed by atoms with Crippen LogP contribution in [0.3, 0.4) is 0 Å². The minimum Gasteiger partial charge on any atom is -0.352 e. The van der Waals surface area contributed by atoms with E-state index in [2.05, 4.69) is 16.3 Å². The second-order valence-corrected chi connectivity index (χ2v) is 10.3. The number of hydrogen-bond acceptors (Lipinski definition) is 3. The first-order chi connectivity index (χ1) is 14.4. The number of hydrogen-bond donors (Lipinski definition) is 1. The molecule has 1 amide bonds. The first-order valence-corrected chi connectivity index (χ1v) is 11.7. The molecule has 0 unspecified atom stereocenters. The summed E-state index contributed by atoms with van der Waals surface area (Å²) in [4.78, 5) is 15.1. The number of amides is 1. The predicted octanol–water partition coefficient (Wildman–Crippen LogP) is 5.06. The zero-order valence-corrected chi connectivity index (χ0v) is 18.3. The second-order valence-electron chi connectivity index (χ2n) is 9.87. The number of benzene rings is 1. The maximum atomic E-state index is 13.4. The van der Waals surface area contributed by atoms with Gasteiger partial charge in [0.25, 0.3) is 0 Å². The van der Waals surface area contributed by atoms with E-state index < -0.39 is 0 Å². The molecule has 162 valence electrons. The van der Waals surface area contributed by atoms with Gasteiger partial charge in [-0.25, -0.2) is 4.39 Å². The van der Waals surface area contributed by atoms with E-state index in [1.807, 2.05) is 0 Å². The van der Waals surface area contributed by atoms with Gasteiger partial charge in [-0.15, -0.1) is 0 Å². The number of halogens is 2.